The van der Waals surface area contributed by atoms with Crippen LogP contribution in [0.5, 0.6) is 0 Å². The quantitative estimate of drug-likeness (QED) is 0.437. The minimum atomic E-state index is -0.482. The summed E-state index contributed by atoms with van der Waals surface area (Å²) < 4.78 is 16.5. The van der Waals surface area contributed by atoms with Crippen LogP contribution in [0, 0.1) is 11.7 Å². The van der Waals surface area contributed by atoms with Crippen LogP contribution in [0.2, 0.25) is 5.02 Å². The van der Waals surface area contributed by atoms with Crippen molar-refractivity contribution in [2.45, 2.75) is 19.9 Å². The molecule has 0 spiro atoms. The van der Waals surface area contributed by atoms with Crippen molar-refractivity contribution >= 4 is 39.8 Å². The van der Waals surface area contributed by atoms with Crippen LogP contribution in [0.3, 0.4) is 0 Å². The number of aromatic nitrogens is 3. The number of hydrogen-bond acceptors (Lipinski definition) is 4. The first-order chi connectivity index (χ1) is 15.4. The summed E-state index contributed by atoms with van der Waals surface area (Å²) in [5.74, 6) is 0.608. The van der Waals surface area contributed by atoms with Crippen molar-refractivity contribution in [1.29, 1.82) is 0 Å². The van der Waals surface area contributed by atoms with E-state index in [0.29, 0.717) is 17.5 Å². The van der Waals surface area contributed by atoms with Gasteiger partial charge >= 0.3 is 0 Å². The molecule has 0 fully saturated rings. The Morgan fingerprint density at radius 1 is 1.19 bits per heavy atom. The predicted molar refractivity (Wildman–Crippen MR) is 128 cm³/mol. The lowest BCUT2D eigenvalue weighted by molar-refractivity contribution is 0.472. The molecule has 1 unspecified atom stereocenters. The van der Waals surface area contributed by atoms with E-state index >= 15 is 0 Å². The van der Waals surface area contributed by atoms with Gasteiger partial charge in [-0.3, -0.25) is 9.36 Å². The Bertz CT molecular complexity index is 1380. The molecule has 1 atom stereocenters. The summed E-state index contributed by atoms with van der Waals surface area (Å²) in [5.41, 5.74) is 2.58. The zero-order valence-electron chi connectivity index (χ0n) is 17.8. The van der Waals surface area contributed by atoms with Gasteiger partial charge in [-0.05, 0) is 48.7 Å². The van der Waals surface area contributed by atoms with Crippen molar-refractivity contribution in [3.8, 4) is 11.1 Å². The third-order valence-corrected chi connectivity index (χ3v) is 6.26. The van der Waals surface area contributed by atoms with Gasteiger partial charge in [-0.1, -0.05) is 18.5 Å². The smallest absolute Gasteiger partial charge is 0.260 e. The lowest BCUT2D eigenvalue weighted by atomic mass is 10.0. The van der Waals surface area contributed by atoms with E-state index in [2.05, 4.69) is 27.1 Å². The molecule has 0 bridgehead atoms. The summed E-state index contributed by atoms with van der Waals surface area (Å²) in [4.78, 5) is 23.1. The highest BCUT2D eigenvalue weighted by atomic mass is 35.5. The lowest BCUT2D eigenvalue weighted by Gasteiger charge is -2.25. The molecule has 32 heavy (non-hydrogen) atoms. The second-order valence-electron chi connectivity index (χ2n) is 8.37. The number of pyridine rings is 2. The molecule has 5 rings (SSSR count). The minimum Gasteiger partial charge on any atom is -0.359 e. The number of rotatable bonds is 3. The number of nitrogens with zero attached hydrogens (tertiary/aromatic N) is 3. The van der Waals surface area contributed by atoms with Crippen LogP contribution in [-0.2, 0) is 6.54 Å². The molecule has 6 nitrogen and oxygen atoms in total. The standard InChI is InChI=1S/C24H23ClFN5O/c1-14-7-10-30(2)23-21(29-20-6-9-28-22-16(20)5-8-27-22)12-18(24(32)31(23)13-14)17-11-15(25)3-4-19(17)26/h3-6,8-9,11-12,14H,7,10,13H2,1-2H3,(H2,27,28,29). The van der Waals surface area contributed by atoms with E-state index < -0.39 is 5.82 Å². The van der Waals surface area contributed by atoms with Crippen LogP contribution in [0.1, 0.15) is 13.3 Å². The molecule has 0 saturated heterocycles. The maximum atomic E-state index is 14.8. The molecule has 0 amide bonds. The first-order valence-corrected chi connectivity index (χ1v) is 10.9. The molecular formula is C24H23ClFN5O. The van der Waals surface area contributed by atoms with Crippen LogP contribution in [0.15, 0.2) is 53.6 Å². The van der Waals surface area contributed by atoms with Crippen molar-refractivity contribution in [3.05, 3.63) is 70.0 Å². The van der Waals surface area contributed by atoms with Gasteiger partial charge in [-0.2, -0.15) is 0 Å². The predicted octanol–water partition coefficient (Wildman–Crippen LogP) is 5.40. The van der Waals surface area contributed by atoms with E-state index in [9.17, 15) is 9.18 Å². The number of aromatic amines is 1. The van der Waals surface area contributed by atoms with E-state index in [0.717, 1.165) is 41.2 Å². The number of halogens is 2. The summed E-state index contributed by atoms with van der Waals surface area (Å²) in [6.07, 6.45) is 4.51. The van der Waals surface area contributed by atoms with E-state index in [4.69, 9.17) is 11.6 Å². The average Bonchev–Trinajstić information content (AvgIpc) is 3.20. The molecule has 8 heteroatoms. The average molecular weight is 452 g/mol. The highest BCUT2D eigenvalue weighted by molar-refractivity contribution is 6.30. The number of anilines is 3. The minimum absolute atomic E-state index is 0.196. The number of nitrogens with one attached hydrogen (secondary N) is 2. The Hall–Kier alpha value is -3.32. The second-order valence-corrected chi connectivity index (χ2v) is 8.81. The molecule has 0 saturated carbocycles. The molecule has 1 aliphatic heterocycles. The fraction of sp³-hybridized carbons (Fsp3) is 0.250. The van der Waals surface area contributed by atoms with Gasteiger partial charge in [0.25, 0.3) is 5.56 Å². The van der Waals surface area contributed by atoms with Gasteiger partial charge in [-0.15, -0.1) is 0 Å². The molecule has 0 radical (unpaired) electrons. The fourth-order valence-corrected chi connectivity index (χ4v) is 4.54. The van der Waals surface area contributed by atoms with Crippen molar-refractivity contribution in [2.24, 2.45) is 5.92 Å². The van der Waals surface area contributed by atoms with Gasteiger partial charge in [0, 0.05) is 48.5 Å². The Kier molecular flexibility index (Phi) is 5.13. The summed E-state index contributed by atoms with van der Waals surface area (Å²) in [6.45, 7) is 3.50. The van der Waals surface area contributed by atoms with Crippen molar-refractivity contribution in [1.82, 2.24) is 14.5 Å². The maximum absolute atomic E-state index is 14.8. The molecule has 2 N–H and O–H groups in total. The van der Waals surface area contributed by atoms with Crippen molar-refractivity contribution in [3.63, 3.8) is 0 Å². The van der Waals surface area contributed by atoms with Gasteiger partial charge in [0.05, 0.1) is 16.9 Å². The number of fused-ring (bicyclic) bond motifs is 2. The Labute approximate surface area is 189 Å². The third kappa shape index (κ3) is 3.52. The van der Waals surface area contributed by atoms with Crippen LogP contribution in [0.25, 0.3) is 22.2 Å². The topological polar surface area (TPSA) is 66.0 Å². The molecule has 1 aliphatic rings. The SMILES string of the molecule is CC1CCN(C)c2c(Nc3ccnc4[nH]ccc34)cc(-c3cc(Cl)ccc3F)c(=O)n2C1. The fourth-order valence-electron chi connectivity index (χ4n) is 4.37. The molecule has 0 aliphatic carbocycles. The van der Waals surface area contributed by atoms with E-state index in [1.165, 1.54) is 18.2 Å². The molecule has 4 aromatic rings. The Morgan fingerprint density at radius 3 is 2.88 bits per heavy atom. The van der Waals surface area contributed by atoms with Crippen LogP contribution >= 0.6 is 11.6 Å². The zero-order chi connectivity index (χ0) is 22.4. The first kappa shape index (κ1) is 20.6. The van der Waals surface area contributed by atoms with Crippen LogP contribution < -0.4 is 15.8 Å². The maximum Gasteiger partial charge on any atom is 0.260 e. The van der Waals surface area contributed by atoms with Gasteiger partial charge in [0.15, 0.2) is 0 Å². The van der Waals surface area contributed by atoms with Crippen molar-refractivity contribution in [2.75, 3.05) is 23.8 Å². The Balaban J connectivity index is 1.76. The normalized spacial score (nSPS) is 16.1. The van der Waals surface area contributed by atoms with E-state index in [1.807, 2.05) is 25.4 Å². The summed E-state index contributed by atoms with van der Waals surface area (Å²) in [7, 11) is 1.98. The van der Waals surface area contributed by atoms with Gasteiger partial charge < -0.3 is 15.2 Å². The van der Waals surface area contributed by atoms with Gasteiger partial charge in [0.1, 0.15) is 17.3 Å². The monoisotopic (exact) mass is 451 g/mol. The summed E-state index contributed by atoms with van der Waals surface area (Å²) in [6, 6.07) is 9.84. The summed E-state index contributed by atoms with van der Waals surface area (Å²) in [5, 5.41) is 4.80. The summed E-state index contributed by atoms with van der Waals surface area (Å²) >= 11 is 6.15. The highest BCUT2D eigenvalue weighted by Gasteiger charge is 2.25. The zero-order valence-corrected chi connectivity index (χ0v) is 18.6. The van der Waals surface area contributed by atoms with Gasteiger partial charge in [-0.25, -0.2) is 9.37 Å². The lowest BCUT2D eigenvalue weighted by Crippen LogP contribution is -2.29. The molecular weight excluding hydrogens is 429 g/mol. The molecule has 164 valence electrons. The molecule has 1 aromatic carbocycles. The molecule has 4 heterocycles. The van der Waals surface area contributed by atoms with Crippen LogP contribution in [-0.4, -0.2) is 28.1 Å². The number of hydrogen-bond donors (Lipinski definition) is 2. The third-order valence-electron chi connectivity index (χ3n) is 6.02. The van der Waals surface area contributed by atoms with Crippen molar-refractivity contribution < 1.29 is 4.39 Å². The van der Waals surface area contributed by atoms with E-state index in [1.54, 1.807) is 16.8 Å². The Morgan fingerprint density at radius 2 is 2.03 bits per heavy atom. The number of benzene rings is 1. The largest absolute Gasteiger partial charge is 0.359 e. The molecule has 3 aromatic heterocycles. The highest BCUT2D eigenvalue weighted by Crippen LogP contribution is 2.36. The first-order valence-electron chi connectivity index (χ1n) is 10.6. The van der Waals surface area contributed by atoms with Crippen LogP contribution in [0.4, 0.5) is 21.6 Å². The second kappa shape index (κ2) is 7.98. The van der Waals surface area contributed by atoms with E-state index in [-0.39, 0.29) is 16.7 Å². The number of H-pyrrole nitrogens is 1. The van der Waals surface area contributed by atoms with Gasteiger partial charge in [0.2, 0.25) is 0 Å².